The molecule has 7 heteroatoms. The van der Waals surface area contributed by atoms with E-state index in [4.69, 9.17) is 10.5 Å². The zero-order valence-corrected chi connectivity index (χ0v) is 10.9. The van der Waals surface area contributed by atoms with Crippen molar-refractivity contribution in [1.82, 2.24) is 0 Å². The molecule has 19 heavy (non-hydrogen) atoms. The predicted molar refractivity (Wildman–Crippen MR) is 71.0 cm³/mol. The quantitative estimate of drug-likeness (QED) is 0.592. The van der Waals surface area contributed by atoms with Crippen molar-refractivity contribution in [1.29, 1.82) is 0 Å². The number of nitrogens with zero attached hydrogens (tertiary/aromatic N) is 1. The molecule has 0 aromatic heterocycles. The molecule has 1 unspecified atom stereocenters. The lowest BCUT2D eigenvalue weighted by Crippen LogP contribution is -2.39. The number of nitro groups is 1. The Balaban J connectivity index is 2.88. The number of nitrogens with one attached hydrogen (secondary N) is 1. The molecule has 0 aliphatic rings. The van der Waals surface area contributed by atoms with Crippen LogP contribution in [0.5, 0.6) is 0 Å². The standard InChI is InChI=1S/C12H17N3O4/c1-3-8-4-5-9(6-11(8)15(17)18)14-12(16)10(13)7-19-2/h4-6,10H,3,7,13H2,1-2H3,(H,14,16). The van der Waals surface area contributed by atoms with Crippen LogP contribution in [0.15, 0.2) is 18.2 Å². The van der Waals surface area contributed by atoms with E-state index in [1.165, 1.54) is 13.2 Å². The second-order valence-corrected chi connectivity index (χ2v) is 4.01. The number of aryl methyl sites for hydroxylation is 1. The minimum atomic E-state index is -0.810. The summed E-state index contributed by atoms with van der Waals surface area (Å²) in [5.74, 6) is -0.444. The number of rotatable bonds is 6. The maximum atomic E-state index is 11.7. The van der Waals surface area contributed by atoms with Gasteiger partial charge in [-0.1, -0.05) is 13.0 Å². The Morgan fingerprint density at radius 3 is 2.79 bits per heavy atom. The molecule has 0 heterocycles. The van der Waals surface area contributed by atoms with E-state index in [1.54, 1.807) is 12.1 Å². The molecule has 1 amide bonds. The summed E-state index contributed by atoms with van der Waals surface area (Å²) in [6, 6.07) is 3.75. The number of carbonyl (C=O) groups excluding carboxylic acids is 1. The monoisotopic (exact) mass is 267 g/mol. The van der Waals surface area contributed by atoms with Crippen LogP contribution in [0.25, 0.3) is 0 Å². The summed E-state index contributed by atoms with van der Waals surface area (Å²) in [7, 11) is 1.44. The van der Waals surface area contributed by atoms with Crippen molar-refractivity contribution < 1.29 is 14.5 Å². The molecule has 0 radical (unpaired) electrons. The highest BCUT2D eigenvalue weighted by atomic mass is 16.6. The van der Waals surface area contributed by atoms with E-state index in [-0.39, 0.29) is 12.3 Å². The summed E-state index contributed by atoms with van der Waals surface area (Å²) in [4.78, 5) is 22.1. The molecule has 0 aliphatic carbocycles. The van der Waals surface area contributed by atoms with Crippen LogP contribution in [0, 0.1) is 10.1 Å². The van der Waals surface area contributed by atoms with Gasteiger partial charge in [-0.2, -0.15) is 0 Å². The van der Waals surface area contributed by atoms with Gasteiger partial charge in [0, 0.05) is 24.4 Å². The highest BCUT2D eigenvalue weighted by Gasteiger charge is 2.17. The topological polar surface area (TPSA) is 107 Å². The molecule has 1 aromatic carbocycles. The Labute approximate surface area is 110 Å². The van der Waals surface area contributed by atoms with E-state index in [1.807, 2.05) is 6.92 Å². The van der Waals surface area contributed by atoms with Crippen LogP contribution in [-0.4, -0.2) is 30.6 Å². The van der Waals surface area contributed by atoms with Crippen LogP contribution in [-0.2, 0) is 16.0 Å². The maximum absolute atomic E-state index is 11.7. The van der Waals surface area contributed by atoms with Crippen LogP contribution in [0.3, 0.4) is 0 Å². The van der Waals surface area contributed by atoms with E-state index >= 15 is 0 Å². The average Bonchev–Trinajstić information content (AvgIpc) is 2.38. The van der Waals surface area contributed by atoms with Crippen LogP contribution >= 0.6 is 0 Å². The maximum Gasteiger partial charge on any atom is 0.274 e. The second-order valence-electron chi connectivity index (χ2n) is 4.01. The fraction of sp³-hybridized carbons (Fsp3) is 0.417. The summed E-state index contributed by atoms with van der Waals surface area (Å²) < 4.78 is 4.77. The van der Waals surface area contributed by atoms with E-state index in [0.29, 0.717) is 17.7 Å². The number of hydrogen-bond donors (Lipinski definition) is 2. The van der Waals surface area contributed by atoms with Crippen molar-refractivity contribution in [2.24, 2.45) is 5.73 Å². The van der Waals surface area contributed by atoms with Gasteiger partial charge < -0.3 is 15.8 Å². The third-order valence-electron chi connectivity index (χ3n) is 2.61. The first-order valence-electron chi connectivity index (χ1n) is 5.82. The number of nitrogens with two attached hydrogens (primary N) is 1. The van der Waals surface area contributed by atoms with Gasteiger partial charge in [0.2, 0.25) is 5.91 Å². The first-order valence-corrected chi connectivity index (χ1v) is 5.82. The Bertz CT molecular complexity index is 476. The van der Waals surface area contributed by atoms with Gasteiger partial charge in [-0.15, -0.1) is 0 Å². The first-order chi connectivity index (χ1) is 8.99. The van der Waals surface area contributed by atoms with Gasteiger partial charge in [0.15, 0.2) is 0 Å². The molecule has 0 aliphatic heterocycles. The smallest absolute Gasteiger partial charge is 0.274 e. The SMILES string of the molecule is CCc1ccc(NC(=O)C(N)COC)cc1[N+](=O)[O-]. The van der Waals surface area contributed by atoms with E-state index in [2.05, 4.69) is 5.32 Å². The van der Waals surface area contributed by atoms with Gasteiger partial charge in [0.25, 0.3) is 5.69 Å². The molecule has 104 valence electrons. The van der Waals surface area contributed by atoms with Crippen LogP contribution < -0.4 is 11.1 Å². The number of hydrogen-bond acceptors (Lipinski definition) is 5. The Morgan fingerprint density at radius 1 is 1.58 bits per heavy atom. The molecule has 0 saturated heterocycles. The van der Waals surface area contributed by atoms with Crippen LogP contribution in [0.1, 0.15) is 12.5 Å². The number of nitro benzene ring substituents is 1. The fourth-order valence-corrected chi connectivity index (χ4v) is 1.60. The molecule has 0 bridgehead atoms. The minimum Gasteiger partial charge on any atom is -0.383 e. The minimum absolute atomic E-state index is 0.0133. The van der Waals surface area contributed by atoms with Crippen molar-refractivity contribution >= 4 is 17.3 Å². The molecule has 0 spiro atoms. The third kappa shape index (κ3) is 4.01. The van der Waals surface area contributed by atoms with Gasteiger partial charge in [0.05, 0.1) is 11.5 Å². The first kappa shape index (κ1) is 15.1. The van der Waals surface area contributed by atoms with Crippen molar-refractivity contribution in [2.75, 3.05) is 19.0 Å². The van der Waals surface area contributed by atoms with Crippen molar-refractivity contribution in [3.8, 4) is 0 Å². The number of methoxy groups -OCH3 is 1. The molecule has 1 aromatic rings. The molecule has 7 nitrogen and oxygen atoms in total. The Kier molecular flexibility index (Phi) is 5.40. The lowest BCUT2D eigenvalue weighted by atomic mass is 10.1. The summed E-state index contributed by atoms with van der Waals surface area (Å²) in [6.07, 6.45) is 0.549. The summed E-state index contributed by atoms with van der Waals surface area (Å²) in [5, 5.41) is 13.4. The number of benzene rings is 1. The summed E-state index contributed by atoms with van der Waals surface area (Å²) in [6.45, 7) is 1.91. The van der Waals surface area contributed by atoms with Crippen LogP contribution in [0.2, 0.25) is 0 Å². The van der Waals surface area contributed by atoms with Crippen molar-refractivity contribution in [2.45, 2.75) is 19.4 Å². The molecule has 3 N–H and O–H groups in total. The number of amides is 1. The highest BCUT2D eigenvalue weighted by Crippen LogP contribution is 2.23. The van der Waals surface area contributed by atoms with Crippen molar-refractivity contribution in [3.05, 3.63) is 33.9 Å². The van der Waals surface area contributed by atoms with Gasteiger partial charge in [0.1, 0.15) is 6.04 Å². The van der Waals surface area contributed by atoms with E-state index in [0.717, 1.165) is 0 Å². The molecule has 0 fully saturated rings. The molecule has 1 rings (SSSR count). The predicted octanol–water partition coefficient (Wildman–Crippen LogP) is 1.07. The number of carbonyl (C=O) groups is 1. The number of ether oxygens (including phenoxy) is 1. The van der Waals surface area contributed by atoms with Gasteiger partial charge >= 0.3 is 0 Å². The zero-order chi connectivity index (χ0) is 14.4. The largest absolute Gasteiger partial charge is 0.383 e. The fourth-order valence-electron chi connectivity index (χ4n) is 1.60. The van der Waals surface area contributed by atoms with Gasteiger partial charge in [-0.25, -0.2) is 0 Å². The van der Waals surface area contributed by atoms with Gasteiger partial charge in [-0.05, 0) is 12.5 Å². The Hall–Kier alpha value is -1.99. The molecular weight excluding hydrogens is 250 g/mol. The Morgan fingerprint density at radius 2 is 2.26 bits per heavy atom. The normalized spacial score (nSPS) is 11.9. The highest BCUT2D eigenvalue weighted by molar-refractivity contribution is 5.95. The second kappa shape index (κ2) is 6.81. The summed E-state index contributed by atoms with van der Waals surface area (Å²) in [5.41, 5.74) is 6.51. The van der Waals surface area contributed by atoms with Crippen LogP contribution in [0.4, 0.5) is 11.4 Å². The molecule has 1 atom stereocenters. The average molecular weight is 267 g/mol. The van der Waals surface area contributed by atoms with E-state index in [9.17, 15) is 14.9 Å². The number of anilines is 1. The zero-order valence-electron chi connectivity index (χ0n) is 10.9. The van der Waals surface area contributed by atoms with Crippen molar-refractivity contribution in [3.63, 3.8) is 0 Å². The lowest BCUT2D eigenvalue weighted by Gasteiger charge is -2.11. The lowest BCUT2D eigenvalue weighted by molar-refractivity contribution is -0.385. The van der Waals surface area contributed by atoms with E-state index < -0.39 is 16.9 Å². The third-order valence-corrected chi connectivity index (χ3v) is 2.61. The summed E-state index contributed by atoms with van der Waals surface area (Å²) >= 11 is 0. The van der Waals surface area contributed by atoms with Gasteiger partial charge in [-0.3, -0.25) is 14.9 Å². The molecular formula is C12H17N3O4. The molecule has 0 saturated carbocycles.